The molecule has 3 rings (SSSR count). The van der Waals surface area contributed by atoms with E-state index in [-0.39, 0.29) is 0 Å². The summed E-state index contributed by atoms with van der Waals surface area (Å²) in [6.45, 7) is 0. The van der Waals surface area contributed by atoms with E-state index >= 15 is 0 Å². The van der Waals surface area contributed by atoms with Crippen molar-refractivity contribution in [2.45, 2.75) is 36.2 Å². The number of hydrogen-bond donors (Lipinski definition) is 1. The maximum Gasteiger partial charge on any atom is 0.0899 e. The maximum absolute atomic E-state index is 9.99. The van der Waals surface area contributed by atoms with Crippen LogP contribution in [0.25, 0.3) is 0 Å². The summed E-state index contributed by atoms with van der Waals surface area (Å²) in [5.41, 5.74) is 2.12. The molecule has 1 nitrogen and oxygen atoms in total. The van der Waals surface area contributed by atoms with E-state index in [0.29, 0.717) is 0 Å². The Bertz CT molecular complexity index is 369. The van der Waals surface area contributed by atoms with Gasteiger partial charge in [0, 0.05) is 4.90 Å². The van der Waals surface area contributed by atoms with Crippen LogP contribution in [0.2, 0.25) is 0 Å². The molecule has 1 aromatic carbocycles. The number of fused-ring (bicyclic) bond motifs is 1. The number of thioether (sulfide) groups is 1. The lowest BCUT2D eigenvalue weighted by Gasteiger charge is -2.17. The summed E-state index contributed by atoms with van der Waals surface area (Å²) in [5, 5.41) is 9.99. The summed E-state index contributed by atoms with van der Waals surface area (Å²) >= 11 is 1.95. The topological polar surface area (TPSA) is 20.2 Å². The third-order valence-corrected chi connectivity index (χ3v) is 4.37. The summed E-state index contributed by atoms with van der Waals surface area (Å²) in [6, 6.07) is 6.50. The van der Waals surface area contributed by atoms with Crippen LogP contribution in [0.3, 0.4) is 0 Å². The van der Waals surface area contributed by atoms with Gasteiger partial charge in [0.05, 0.1) is 5.60 Å². The van der Waals surface area contributed by atoms with Gasteiger partial charge in [-0.3, -0.25) is 0 Å². The number of hydrogen-bond acceptors (Lipinski definition) is 2. The molecule has 1 aliphatic carbocycles. The lowest BCUT2D eigenvalue weighted by atomic mass is 10.0. The van der Waals surface area contributed by atoms with Crippen LogP contribution in [0.1, 0.15) is 30.4 Å². The van der Waals surface area contributed by atoms with Gasteiger partial charge in [0.25, 0.3) is 0 Å². The summed E-state index contributed by atoms with van der Waals surface area (Å²) in [5.74, 6) is 1.25. The molecule has 0 bridgehead atoms. The normalized spacial score (nSPS) is 22.9. The van der Waals surface area contributed by atoms with Crippen molar-refractivity contribution in [3.63, 3.8) is 0 Å². The lowest BCUT2D eigenvalue weighted by Crippen LogP contribution is -2.07. The minimum Gasteiger partial charge on any atom is -0.385 e. The van der Waals surface area contributed by atoms with Crippen molar-refractivity contribution in [3.8, 4) is 0 Å². The predicted octanol–water partition coefficient (Wildman–Crippen LogP) is 2.71. The maximum atomic E-state index is 9.99. The van der Waals surface area contributed by atoms with Crippen molar-refractivity contribution in [1.82, 2.24) is 0 Å². The molecule has 74 valence electrons. The van der Waals surface area contributed by atoms with E-state index in [1.807, 2.05) is 11.8 Å². The SMILES string of the molecule is OC1(c2ccc3c(c2)CCCS3)CC1. The molecule has 0 aromatic heterocycles. The third kappa shape index (κ3) is 1.37. The minimum atomic E-state index is -0.461. The molecule has 0 unspecified atom stereocenters. The van der Waals surface area contributed by atoms with Crippen molar-refractivity contribution in [3.05, 3.63) is 29.3 Å². The van der Waals surface area contributed by atoms with Crippen LogP contribution in [0, 0.1) is 0 Å². The summed E-state index contributed by atoms with van der Waals surface area (Å²) in [7, 11) is 0. The Morgan fingerprint density at radius 3 is 2.93 bits per heavy atom. The molecule has 2 heteroatoms. The van der Waals surface area contributed by atoms with Crippen LogP contribution in [0.15, 0.2) is 23.1 Å². The molecule has 14 heavy (non-hydrogen) atoms. The molecule has 0 saturated heterocycles. The molecule has 1 heterocycles. The Kier molecular flexibility index (Phi) is 1.89. The van der Waals surface area contributed by atoms with Gasteiger partial charge in [-0.25, -0.2) is 0 Å². The molecule has 1 fully saturated rings. The Balaban J connectivity index is 2.01. The molecular weight excluding hydrogens is 192 g/mol. The number of aryl methyl sites for hydroxylation is 1. The van der Waals surface area contributed by atoms with Gasteiger partial charge in [-0.15, -0.1) is 11.8 Å². The highest BCUT2D eigenvalue weighted by molar-refractivity contribution is 7.99. The molecule has 1 saturated carbocycles. The van der Waals surface area contributed by atoms with E-state index in [0.717, 1.165) is 18.4 Å². The average molecular weight is 206 g/mol. The zero-order chi connectivity index (χ0) is 9.60. The van der Waals surface area contributed by atoms with Crippen molar-refractivity contribution >= 4 is 11.8 Å². The monoisotopic (exact) mass is 206 g/mol. The first kappa shape index (κ1) is 8.81. The summed E-state index contributed by atoms with van der Waals surface area (Å²) in [4.78, 5) is 1.42. The van der Waals surface area contributed by atoms with Crippen LogP contribution in [0.4, 0.5) is 0 Å². The molecule has 2 aliphatic rings. The largest absolute Gasteiger partial charge is 0.385 e. The zero-order valence-corrected chi connectivity index (χ0v) is 8.94. The van der Waals surface area contributed by atoms with Crippen LogP contribution < -0.4 is 0 Å². The van der Waals surface area contributed by atoms with Gasteiger partial charge >= 0.3 is 0 Å². The number of rotatable bonds is 1. The smallest absolute Gasteiger partial charge is 0.0899 e. The second-order valence-corrected chi connectivity index (χ2v) is 5.44. The zero-order valence-electron chi connectivity index (χ0n) is 8.12. The van der Waals surface area contributed by atoms with Gasteiger partial charge in [0.15, 0.2) is 0 Å². The quantitative estimate of drug-likeness (QED) is 0.762. The molecule has 1 aliphatic heterocycles. The first-order valence-corrected chi connectivity index (χ1v) is 6.25. The van der Waals surface area contributed by atoms with Crippen LogP contribution >= 0.6 is 11.8 Å². The second-order valence-electron chi connectivity index (χ2n) is 4.31. The highest BCUT2D eigenvalue weighted by Crippen LogP contribution is 2.46. The molecule has 1 N–H and O–H groups in total. The van der Waals surface area contributed by atoms with Gasteiger partial charge in [-0.1, -0.05) is 12.1 Å². The summed E-state index contributed by atoms with van der Waals surface area (Å²) in [6.07, 6.45) is 4.35. The highest BCUT2D eigenvalue weighted by Gasteiger charge is 2.42. The van der Waals surface area contributed by atoms with E-state index in [1.54, 1.807) is 0 Å². The van der Waals surface area contributed by atoms with Gasteiger partial charge in [0.1, 0.15) is 0 Å². The molecule has 0 atom stereocenters. The van der Waals surface area contributed by atoms with Crippen LogP contribution in [0.5, 0.6) is 0 Å². The average Bonchev–Trinajstić information content (AvgIpc) is 2.97. The molecular formula is C12H14OS. The van der Waals surface area contributed by atoms with E-state index in [9.17, 15) is 5.11 Å². The van der Waals surface area contributed by atoms with E-state index in [2.05, 4.69) is 18.2 Å². The lowest BCUT2D eigenvalue weighted by molar-refractivity contribution is 0.151. The fourth-order valence-electron chi connectivity index (χ4n) is 2.06. The number of benzene rings is 1. The van der Waals surface area contributed by atoms with Gasteiger partial charge in [-0.05, 0) is 48.6 Å². The van der Waals surface area contributed by atoms with Crippen molar-refractivity contribution in [2.75, 3.05) is 5.75 Å². The fraction of sp³-hybridized carbons (Fsp3) is 0.500. The Hall–Kier alpha value is -0.470. The molecule has 0 amide bonds. The Morgan fingerprint density at radius 1 is 1.29 bits per heavy atom. The van der Waals surface area contributed by atoms with E-state index < -0.39 is 5.60 Å². The van der Waals surface area contributed by atoms with Crippen molar-refractivity contribution in [1.29, 1.82) is 0 Å². The van der Waals surface area contributed by atoms with Crippen molar-refractivity contribution < 1.29 is 5.11 Å². The summed E-state index contributed by atoms with van der Waals surface area (Å²) < 4.78 is 0. The molecule has 1 aromatic rings. The molecule has 0 radical (unpaired) electrons. The molecule has 0 spiro atoms. The first-order valence-electron chi connectivity index (χ1n) is 5.27. The predicted molar refractivity (Wildman–Crippen MR) is 58.6 cm³/mol. The van der Waals surface area contributed by atoms with E-state index in [4.69, 9.17) is 0 Å². The van der Waals surface area contributed by atoms with Gasteiger partial charge < -0.3 is 5.11 Å². The first-order chi connectivity index (χ1) is 6.78. The fourth-order valence-corrected chi connectivity index (χ4v) is 3.08. The van der Waals surface area contributed by atoms with E-state index in [1.165, 1.54) is 29.1 Å². The van der Waals surface area contributed by atoms with Gasteiger partial charge in [-0.2, -0.15) is 0 Å². The second kappa shape index (κ2) is 3.01. The highest BCUT2D eigenvalue weighted by atomic mass is 32.2. The minimum absolute atomic E-state index is 0.461. The Morgan fingerprint density at radius 2 is 2.14 bits per heavy atom. The standard InChI is InChI=1S/C12H14OS/c13-12(5-6-12)10-3-4-11-9(8-10)2-1-7-14-11/h3-4,8,13H,1-2,5-7H2. The van der Waals surface area contributed by atoms with Crippen LogP contribution in [-0.4, -0.2) is 10.9 Å². The van der Waals surface area contributed by atoms with Gasteiger partial charge in [0.2, 0.25) is 0 Å². The van der Waals surface area contributed by atoms with Crippen molar-refractivity contribution in [2.24, 2.45) is 0 Å². The third-order valence-electron chi connectivity index (χ3n) is 3.17. The van der Waals surface area contributed by atoms with Crippen LogP contribution in [-0.2, 0) is 12.0 Å². The number of aliphatic hydroxyl groups is 1. The Labute approximate surface area is 88.5 Å².